The molecule has 1 aromatic carbocycles. The highest BCUT2D eigenvalue weighted by atomic mass is 35.5. The molecule has 21 heavy (non-hydrogen) atoms. The van der Waals surface area contributed by atoms with Gasteiger partial charge in [0.05, 0.1) is 18.1 Å². The Bertz CT molecular complexity index is 684. The van der Waals surface area contributed by atoms with E-state index in [1.165, 1.54) is 43.1 Å². The number of halogens is 1. The summed E-state index contributed by atoms with van der Waals surface area (Å²) in [6.45, 7) is 0. The number of hydrogen-bond donors (Lipinski definition) is 0. The van der Waals surface area contributed by atoms with Crippen LogP contribution in [0.3, 0.4) is 0 Å². The van der Waals surface area contributed by atoms with Crippen molar-refractivity contribution >= 4 is 29.1 Å². The molecule has 1 heterocycles. The summed E-state index contributed by atoms with van der Waals surface area (Å²) >= 11 is 7.19. The number of nitrogens with zero attached hydrogens (tertiary/aromatic N) is 3. The molecule has 0 amide bonds. The zero-order valence-electron chi connectivity index (χ0n) is 11.1. The minimum absolute atomic E-state index is 0.0928. The van der Waals surface area contributed by atoms with Gasteiger partial charge in [-0.3, -0.25) is 10.1 Å². The van der Waals surface area contributed by atoms with E-state index in [1.54, 1.807) is 0 Å². The van der Waals surface area contributed by atoms with Crippen molar-refractivity contribution in [1.29, 1.82) is 0 Å². The maximum absolute atomic E-state index is 10.7. The Morgan fingerprint density at radius 1 is 1.29 bits per heavy atom. The van der Waals surface area contributed by atoms with E-state index in [2.05, 4.69) is 9.97 Å². The Morgan fingerprint density at radius 3 is 2.67 bits per heavy atom. The van der Waals surface area contributed by atoms with Gasteiger partial charge in [0.15, 0.2) is 16.7 Å². The minimum Gasteiger partial charge on any atom is -0.493 e. The maximum Gasteiger partial charge on any atom is 0.273 e. The molecular formula is C12H10ClN3O4S. The number of hydrogen-bond acceptors (Lipinski definition) is 7. The van der Waals surface area contributed by atoms with Gasteiger partial charge in [0.2, 0.25) is 5.88 Å². The van der Waals surface area contributed by atoms with Gasteiger partial charge in [0, 0.05) is 12.1 Å². The van der Waals surface area contributed by atoms with E-state index in [9.17, 15) is 10.1 Å². The quantitative estimate of drug-likeness (QED) is 0.273. The third-order valence-corrected chi connectivity index (χ3v) is 3.15. The second kappa shape index (κ2) is 6.59. The highest BCUT2D eigenvalue weighted by Gasteiger charge is 2.14. The summed E-state index contributed by atoms with van der Waals surface area (Å²) in [5.74, 6) is 0.751. The van der Waals surface area contributed by atoms with Crippen LogP contribution < -0.4 is 9.47 Å². The number of nitro benzene ring substituents is 1. The van der Waals surface area contributed by atoms with E-state index in [1.807, 2.05) is 6.26 Å². The molecule has 110 valence electrons. The number of ether oxygens (including phenoxy) is 2. The zero-order chi connectivity index (χ0) is 15.4. The predicted molar refractivity (Wildman–Crippen MR) is 78.5 cm³/mol. The standard InChI is InChI=1S/C12H10ClN3O4S/c1-19-9-5-7(16(17)18)3-4-8(9)20-11-6-10(13)14-12(15-11)21-2/h3-6H,1-2H3. The van der Waals surface area contributed by atoms with Gasteiger partial charge in [0.1, 0.15) is 5.15 Å². The summed E-state index contributed by atoms with van der Waals surface area (Å²) in [6, 6.07) is 5.47. The first-order valence-corrected chi connectivity index (χ1v) is 7.22. The minimum atomic E-state index is -0.514. The molecule has 0 fully saturated rings. The molecule has 9 heteroatoms. The highest BCUT2D eigenvalue weighted by molar-refractivity contribution is 7.98. The van der Waals surface area contributed by atoms with Gasteiger partial charge in [-0.25, -0.2) is 4.98 Å². The topological polar surface area (TPSA) is 87.4 Å². The van der Waals surface area contributed by atoms with Crippen molar-refractivity contribution in [2.24, 2.45) is 0 Å². The molecule has 0 spiro atoms. The lowest BCUT2D eigenvalue weighted by molar-refractivity contribution is -0.384. The van der Waals surface area contributed by atoms with E-state index in [4.69, 9.17) is 21.1 Å². The fraction of sp³-hybridized carbons (Fsp3) is 0.167. The summed E-state index contributed by atoms with van der Waals surface area (Å²) in [7, 11) is 1.40. The van der Waals surface area contributed by atoms with Gasteiger partial charge >= 0.3 is 0 Å². The molecule has 0 aliphatic rings. The molecule has 0 aliphatic carbocycles. The number of benzene rings is 1. The SMILES string of the molecule is COc1cc([N+](=O)[O-])ccc1Oc1cc(Cl)nc(SC)n1. The zero-order valence-corrected chi connectivity index (χ0v) is 12.6. The second-order valence-corrected chi connectivity index (χ2v) is 4.87. The fourth-order valence-corrected chi connectivity index (χ4v) is 2.08. The molecule has 0 unspecified atom stereocenters. The smallest absolute Gasteiger partial charge is 0.273 e. The first-order valence-electron chi connectivity index (χ1n) is 5.62. The molecule has 0 atom stereocenters. The van der Waals surface area contributed by atoms with Gasteiger partial charge in [-0.1, -0.05) is 23.4 Å². The molecule has 7 nitrogen and oxygen atoms in total. The summed E-state index contributed by atoms with van der Waals surface area (Å²) in [6.07, 6.45) is 1.81. The normalized spacial score (nSPS) is 10.2. The molecule has 0 saturated carbocycles. The van der Waals surface area contributed by atoms with E-state index in [0.717, 1.165) is 0 Å². The predicted octanol–water partition coefficient (Wildman–Crippen LogP) is 3.56. The van der Waals surface area contributed by atoms with E-state index >= 15 is 0 Å². The number of non-ortho nitro benzene ring substituents is 1. The first-order chi connectivity index (χ1) is 10.0. The molecule has 0 radical (unpaired) electrons. The van der Waals surface area contributed by atoms with Crippen LogP contribution in [0.4, 0.5) is 5.69 Å². The average Bonchev–Trinajstić information content (AvgIpc) is 2.46. The second-order valence-electron chi connectivity index (χ2n) is 3.71. The van der Waals surface area contributed by atoms with Crippen molar-refractivity contribution in [3.05, 3.63) is 39.5 Å². The van der Waals surface area contributed by atoms with Crippen molar-refractivity contribution in [3.63, 3.8) is 0 Å². The summed E-state index contributed by atoms with van der Waals surface area (Å²) in [4.78, 5) is 18.3. The summed E-state index contributed by atoms with van der Waals surface area (Å²) in [5.41, 5.74) is -0.0928. The van der Waals surface area contributed by atoms with Crippen LogP contribution in [0.2, 0.25) is 5.15 Å². The van der Waals surface area contributed by atoms with Crippen LogP contribution in [-0.2, 0) is 0 Å². The Kier molecular flexibility index (Phi) is 4.81. The molecule has 2 rings (SSSR count). The Labute approximate surface area is 129 Å². The fourth-order valence-electron chi connectivity index (χ4n) is 1.49. The van der Waals surface area contributed by atoms with Crippen LogP contribution in [0.15, 0.2) is 29.4 Å². The molecule has 2 aromatic rings. The van der Waals surface area contributed by atoms with Crippen LogP contribution in [-0.4, -0.2) is 28.3 Å². The van der Waals surface area contributed by atoms with E-state index in [0.29, 0.717) is 10.9 Å². The highest BCUT2D eigenvalue weighted by Crippen LogP contribution is 2.34. The third-order valence-electron chi connectivity index (χ3n) is 2.41. The first kappa shape index (κ1) is 15.3. The van der Waals surface area contributed by atoms with E-state index < -0.39 is 4.92 Å². The molecule has 0 N–H and O–H groups in total. The largest absolute Gasteiger partial charge is 0.493 e. The van der Waals surface area contributed by atoms with Crippen LogP contribution in [0, 0.1) is 10.1 Å². The number of methoxy groups -OCH3 is 1. The van der Waals surface area contributed by atoms with E-state index in [-0.39, 0.29) is 22.5 Å². The summed E-state index contributed by atoms with van der Waals surface area (Å²) in [5, 5.41) is 11.4. The van der Waals surface area contributed by atoms with Crippen molar-refractivity contribution in [2.75, 3.05) is 13.4 Å². The number of rotatable bonds is 5. The Hall–Kier alpha value is -2.06. The number of nitro groups is 1. The van der Waals surface area contributed by atoms with Gasteiger partial charge in [0.25, 0.3) is 5.69 Å². The van der Waals surface area contributed by atoms with Crippen molar-refractivity contribution in [2.45, 2.75) is 5.16 Å². The Morgan fingerprint density at radius 2 is 2.05 bits per heavy atom. The van der Waals surface area contributed by atoms with Crippen LogP contribution >= 0.6 is 23.4 Å². The van der Waals surface area contributed by atoms with Gasteiger partial charge in [-0.15, -0.1) is 0 Å². The van der Waals surface area contributed by atoms with Crippen LogP contribution in [0.1, 0.15) is 0 Å². The van der Waals surface area contributed by atoms with Crippen LogP contribution in [0.25, 0.3) is 0 Å². The molecule has 0 bridgehead atoms. The maximum atomic E-state index is 10.7. The average molecular weight is 328 g/mol. The Balaban J connectivity index is 2.35. The lowest BCUT2D eigenvalue weighted by atomic mass is 10.3. The van der Waals surface area contributed by atoms with Gasteiger partial charge < -0.3 is 9.47 Å². The van der Waals surface area contributed by atoms with Crippen molar-refractivity contribution < 1.29 is 14.4 Å². The van der Waals surface area contributed by atoms with Gasteiger partial charge in [-0.2, -0.15) is 4.98 Å². The number of thioether (sulfide) groups is 1. The van der Waals surface area contributed by atoms with Crippen molar-refractivity contribution in [1.82, 2.24) is 9.97 Å². The number of aromatic nitrogens is 2. The van der Waals surface area contributed by atoms with Gasteiger partial charge in [-0.05, 0) is 12.3 Å². The molecular weight excluding hydrogens is 318 g/mol. The third kappa shape index (κ3) is 3.73. The molecule has 0 saturated heterocycles. The summed E-state index contributed by atoms with van der Waals surface area (Å²) < 4.78 is 10.6. The monoisotopic (exact) mass is 327 g/mol. The lowest BCUT2D eigenvalue weighted by Crippen LogP contribution is -1.96. The molecule has 1 aromatic heterocycles. The van der Waals surface area contributed by atoms with Crippen LogP contribution in [0.5, 0.6) is 17.4 Å². The molecule has 0 aliphatic heterocycles. The lowest BCUT2D eigenvalue weighted by Gasteiger charge is -2.09. The van der Waals surface area contributed by atoms with Crippen molar-refractivity contribution in [3.8, 4) is 17.4 Å².